The van der Waals surface area contributed by atoms with E-state index in [0.717, 1.165) is 18.7 Å². The zero-order chi connectivity index (χ0) is 32.2. The molecule has 1 aliphatic heterocycles. The molecule has 2 aromatic heterocycles. The van der Waals surface area contributed by atoms with Gasteiger partial charge in [-0.05, 0) is 41.3 Å². The van der Waals surface area contributed by atoms with E-state index < -0.39 is 16.1 Å². The molecule has 0 aliphatic carbocycles. The number of carbonyl (C=O) groups excluding carboxylic acids is 1. The van der Waals surface area contributed by atoms with Crippen molar-refractivity contribution >= 4 is 32.7 Å². The molecule has 4 aromatic rings. The number of sulfonamides is 1. The lowest BCUT2D eigenvalue weighted by molar-refractivity contribution is 0.0385. The number of aromatic amines is 1. The Bertz CT molecular complexity index is 1760. The lowest BCUT2D eigenvalue weighted by Gasteiger charge is -2.26. The number of methoxy groups -OCH3 is 2. The molecule has 3 N–H and O–H groups in total. The van der Waals surface area contributed by atoms with Crippen molar-refractivity contribution in [2.75, 3.05) is 58.3 Å². The van der Waals surface area contributed by atoms with Gasteiger partial charge in [0.1, 0.15) is 0 Å². The van der Waals surface area contributed by atoms with Gasteiger partial charge in [0.25, 0.3) is 10.0 Å². The standard InChI is InChI=1S/C31H38N6O7S/c1-31(2,3)20-6-9-22(10-7-20)45(39,40)36-21-8-11-25-23(18-21)26(24-19-33-29(42-5)35-27(24)41-4)28(34-25)44-30(38)32-12-13-37-14-16-43-17-15-37/h6-11,18-19,34,36H,12-17H2,1-5H3,(H,32,38). The zero-order valence-electron chi connectivity index (χ0n) is 26.0. The van der Waals surface area contributed by atoms with Crippen LogP contribution in [0.4, 0.5) is 10.5 Å². The fraction of sp³-hybridized carbons (Fsp3) is 0.387. The van der Waals surface area contributed by atoms with Gasteiger partial charge in [0, 0.05) is 49.0 Å². The number of hydrogen-bond donors (Lipinski definition) is 3. The fourth-order valence-electron chi connectivity index (χ4n) is 4.97. The Hall–Kier alpha value is -4.40. The largest absolute Gasteiger partial charge is 0.480 e. The lowest BCUT2D eigenvalue weighted by Crippen LogP contribution is -2.41. The van der Waals surface area contributed by atoms with Gasteiger partial charge in [0.05, 0.1) is 43.5 Å². The first-order valence-electron chi connectivity index (χ1n) is 14.5. The average molecular weight is 639 g/mol. The number of rotatable bonds is 10. The third-order valence-corrected chi connectivity index (χ3v) is 8.82. The number of benzene rings is 2. The summed E-state index contributed by atoms with van der Waals surface area (Å²) in [5.74, 6) is 0.281. The number of fused-ring (bicyclic) bond motifs is 1. The Labute approximate surface area is 262 Å². The van der Waals surface area contributed by atoms with E-state index in [9.17, 15) is 13.2 Å². The fourth-order valence-corrected chi connectivity index (χ4v) is 6.02. The van der Waals surface area contributed by atoms with E-state index in [1.165, 1.54) is 20.4 Å². The Morgan fingerprint density at radius 3 is 2.47 bits per heavy atom. The van der Waals surface area contributed by atoms with Crippen molar-refractivity contribution in [3.63, 3.8) is 0 Å². The maximum atomic E-state index is 13.3. The van der Waals surface area contributed by atoms with Crippen LogP contribution in [0.25, 0.3) is 22.0 Å². The molecule has 0 spiro atoms. The lowest BCUT2D eigenvalue weighted by atomic mass is 9.87. The minimum absolute atomic E-state index is 0.0877. The van der Waals surface area contributed by atoms with Crippen LogP contribution in [-0.4, -0.2) is 88.0 Å². The van der Waals surface area contributed by atoms with Gasteiger partial charge in [0.15, 0.2) is 0 Å². The first-order valence-corrected chi connectivity index (χ1v) is 16.0. The van der Waals surface area contributed by atoms with Crippen LogP contribution in [0.5, 0.6) is 17.8 Å². The van der Waals surface area contributed by atoms with Crippen molar-refractivity contribution in [3.8, 4) is 28.9 Å². The van der Waals surface area contributed by atoms with Crippen molar-refractivity contribution < 1.29 is 32.2 Å². The van der Waals surface area contributed by atoms with Gasteiger partial charge in [-0.25, -0.2) is 18.2 Å². The summed E-state index contributed by atoms with van der Waals surface area (Å²) in [6.45, 7) is 10.2. The van der Waals surface area contributed by atoms with Crippen LogP contribution >= 0.6 is 0 Å². The van der Waals surface area contributed by atoms with E-state index in [-0.39, 0.29) is 28.1 Å². The van der Waals surface area contributed by atoms with Gasteiger partial charge in [-0.2, -0.15) is 4.98 Å². The number of nitrogens with zero attached hydrogens (tertiary/aromatic N) is 3. The highest BCUT2D eigenvalue weighted by atomic mass is 32.2. The Morgan fingerprint density at radius 1 is 1.07 bits per heavy atom. The second-order valence-corrected chi connectivity index (χ2v) is 13.2. The minimum Gasteiger partial charge on any atom is -0.480 e. The minimum atomic E-state index is -3.91. The molecular formula is C31H38N6O7S. The van der Waals surface area contributed by atoms with E-state index in [1.54, 1.807) is 30.3 Å². The number of H-pyrrole nitrogens is 1. The Kier molecular flexibility index (Phi) is 9.46. The topological polar surface area (TPSA) is 157 Å². The number of ether oxygens (including phenoxy) is 4. The number of hydrogen-bond acceptors (Lipinski definition) is 10. The van der Waals surface area contributed by atoms with Crippen molar-refractivity contribution in [3.05, 3.63) is 54.2 Å². The quantitative estimate of drug-likeness (QED) is 0.230. The number of aromatic nitrogens is 3. The smallest absolute Gasteiger partial charge is 0.413 e. The van der Waals surface area contributed by atoms with Gasteiger partial charge in [-0.15, -0.1) is 0 Å². The first kappa shape index (κ1) is 32.0. The van der Waals surface area contributed by atoms with Crippen LogP contribution in [0, 0.1) is 0 Å². The molecule has 14 heteroatoms. The van der Waals surface area contributed by atoms with Crippen molar-refractivity contribution in [1.29, 1.82) is 0 Å². The van der Waals surface area contributed by atoms with Gasteiger partial charge < -0.3 is 29.2 Å². The monoisotopic (exact) mass is 638 g/mol. The predicted molar refractivity (Wildman–Crippen MR) is 170 cm³/mol. The molecule has 1 aliphatic rings. The number of amides is 1. The van der Waals surface area contributed by atoms with Gasteiger partial charge in [-0.3, -0.25) is 9.62 Å². The maximum absolute atomic E-state index is 13.3. The number of nitrogens with one attached hydrogen (secondary N) is 3. The Morgan fingerprint density at radius 2 is 1.80 bits per heavy atom. The molecule has 45 heavy (non-hydrogen) atoms. The summed E-state index contributed by atoms with van der Waals surface area (Å²) in [4.78, 5) is 26.9. The summed E-state index contributed by atoms with van der Waals surface area (Å²) in [6, 6.07) is 11.9. The van der Waals surface area contributed by atoms with Crippen LogP contribution in [0.15, 0.2) is 53.6 Å². The third-order valence-electron chi connectivity index (χ3n) is 7.42. The van der Waals surface area contributed by atoms with Crippen molar-refractivity contribution in [1.82, 2.24) is 25.2 Å². The molecule has 0 unspecified atom stereocenters. The molecule has 0 bridgehead atoms. The van der Waals surface area contributed by atoms with E-state index in [4.69, 9.17) is 18.9 Å². The summed E-state index contributed by atoms with van der Waals surface area (Å²) in [6.07, 6.45) is 0.827. The maximum Gasteiger partial charge on any atom is 0.413 e. The molecule has 0 atom stereocenters. The van der Waals surface area contributed by atoms with Gasteiger partial charge in [-0.1, -0.05) is 32.9 Å². The van der Waals surface area contributed by atoms with Crippen molar-refractivity contribution in [2.45, 2.75) is 31.1 Å². The Balaban J connectivity index is 1.46. The first-order chi connectivity index (χ1) is 21.5. The molecule has 1 amide bonds. The second kappa shape index (κ2) is 13.3. The second-order valence-electron chi connectivity index (χ2n) is 11.5. The summed E-state index contributed by atoms with van der Waals surface area (Å²) in [5, 5.41) is 3.33. The van der Waals surface area contributed by atoms with Crippen molar-refractivity contribution in [2.24, 2.45) is 0 Å². The summed E-state index contributed by atoms with van der Waals surface area (Å²) in [5.41, 5.74) is 2.60. The molecule has 0 saturated carbocycles. The normalized spacial score (nSPS) is 14.2. The molecule has 0 radical (unpaired) electrons. The SMILES string of the molecule is COc1ncc(-c2c(OC(=O)NCCN3CCOCC3)[nH]c3ccc(NS(=O)(=O)c4ccc(C(C)(C)C)cc4)cc23)c(OC)n1. The molecule has 5 rings (SSSR count). The van der Waals surface area contributed by atoms with Crippen LogP contribution in [0.3, 0.4) is 0 Å². The molecule has 3 heterocycles. The highest BCUT2D eigenvalue weighted by Gasteiger charge is 2.24. The van der Waals surface area contributed by atoms with Gasteiger partial charge >= 0.3 is 12.1 Å². The summed E-state index contributed by atoms with van der Waals surface area (Å²) >= 11 is 0. The van der Waals surface area contributed by atoms with E-state index in [1.807, 2.05) is 12.1 Å². The summed E-state index contributed by atoms with van der Waals surface area (Å²) < 4.78 is 51.1. The highest BCUT2D eigenvalue weighted by molar-refractivity contribution is 7.92. The van der Waals surface area contributed by atoms with E-state index in [0.29, 0.717) is 54.0 Å². The molecular weight excluding hydrogens is 600 g/mol. The molecule has 13 nitrogen and oxygen atoms in total. The van der Waals surface area contributed by atoms with Crippen LogP contribution in [-0.2, 0) is 20.2 Å². The predicted octanol–water partition coefficient (Wildman–Crippen LogP) is 4.16. The molecule has 1 fully saturated rings. The molecule has 1 saturated heterocycles. The molecule has 240 valence electrons. The van der Waals surface area contributed by atoms with E-state index in [2.05, 4.69) is 50.7 Å². The van der Waals surface area contributed by atoms with E-state index >= 15 is 0 Å². The number of morpholine rings is 1. The van der Waals surface area contributed by atoms with Crippen LogP contribution < -0.4 is 24.2 Å². The van der Waals surface area contributed by atoms with Gasteiger partial charge in [0.2, 0.25) is 11.8 Å². The van der Waals surface area contributed by atoms with Crippen LogP contribution in [0.2, 0.25) is 0 Å². The number of carbonyl (C=O) groups is 1. The third kappa shape index (κ3) is 7.47. The number of anilines is 1. The van der Waals surface area contributed by atoms with Crippen LogP contribution in [0.1, 0.15) is 26.3 Å². The average Bonchev–Trinajstić information content (AvgIpc) is 3.37. The highest BCUT2D eigenvalue weighted by Crippen LogP contribution is 2.42. The summed E-state index contributed by atoms with van der Waals surface area (Å²) in [7, 11) is -1.03. The molecule has 2 aromatic carbocycles. The zero-order valence-corrected chi connectivity index (χ0v) is 26.8.